The summed E-state index contributed by atoms with van der Waals surface area (Å²) in [6, 6.07) is 0.126. The van der Waals surface area contributed by atoms with Crippen LogP contribution in [-0.4, -0.2) is 29.4 Å². The molecular formula is C10H20N2O. The summed E-state index contributed by atoms with van der Waals surface area (Å²) in [6.45, 7) is 5.06. The van der Waals surface area contributed by atoms with Crippen molar-refractivity contribution < 1.29 is 4.79 Å². The van der Waals surface area contributed by atoms with E-state index in [0.717, 1.165) is 32.2 Å². The third-order valence-electron chi connectivity index (χ3n) is 2.75. The number of carbonyl (C=O) groups excluding carboxylic acids is 1. The van der Waals surface area contributed by atoms with Gasteiger partial charge in [-0.2, -0.15) is 0 Å². The fraction of sp³-hybridized carbons (Fsp3) is 0.900. The summed E-state index contributed by atoms with van der Waals surface area (Å²) < 4.78 is 0. The molecule has 76 valence electrons. The molecule has 1 aliphatic rings. The first-order valence-corrected chi connectivity index (χ1v) is 5.23. The molecule has 0 aliphatic carbocycles. The quantitative estimate of drug-likeness (QED) is 0.714. The molecule has 1 amide bonds. The number of amides is 1. The highest BCUT2D eigenvalue weighted by Gasteiger charge is 2.28. The van der Waals surface area contributed by atoms with Gasteiger partial charge < -0.3 is 10.6 Å². The van der Waals surface area contributed by atoms with Gasteiger partial charge in [-0.25, -0.2) is 0 Å². The Hall–Kier alpha value is -0.570. The number of nitrogens with two attached hydrogens (primary N) is 1. The minimum atomic E-state index is -0.273. The molecule has 2 atom stereocenters. The molecule has 0 aromatic rings. The van der Waals surface area contributed by atoms with Crippen LogP contribution in [0.3, 0.4) is 0 Å². The standard InChI is InChI=1S/C10H20N2O/c1-3-5-9(11)10(13)12-7-4-6-8(12)2/h8-9H,3-7,11H2,1-2H3/t8?,9-/m0/s1. The van der Waals surface area contributed by atoms with E-state index >= 15 is 0 Å². The first-order valence-electron chi connectivity index (χ1n) is 5.23. The molecule has 0 saturated carbocycles. The van der Waals surface area contributed by atoms with Crippen LogP contribution in [0.25, 0.3) is 0 Å². The summed E-state index contributed by atoms with van der Waals surface area (Å²) in [6.07, 6.45) is 4.05. The van der Waals surface area contributed by atoms with Gasteiger partial charge in [-0.1, -0.05) is 13.3 Å². The second-order valence-electron chi connectivity index (χ2n) is 3.92. The largest absolute Gasteiger partial charge is 0.339 e. The Labute approximate surface area is 80.3 Å². The fourth-order valence-corrected chi connectivity index (χ4v) is 1.91. The molecule has 1 rings (SSSR count). The maximum atomic E-state index is 11.7. The molecule has 0 radical (unpaired) electrons. The zero-order valence-corrected chi connectivity index (χ0v) is 8.62. The van der Waals surface area contributed by atoms with E-state index in [1.807, 2.05) is 4.90 Å². The Morgan fingerprint density at radius 3 is 2.85 bits per heavy atom. The zero-order chi connectivity index (χ0) is 9.84. The monoisotopic (exact) mass is 184 g/mol. The highest BCUT2D eigenvalue weighted by molar-refractivity contribution is 5.82. The van der Waals surface area contributed by atoms with E-state index in [4.69, 9.17) is 5.73 Å². The number of rotatable bonds is 3. The zero-order valence-electron chi connectivity index (χ0n) is 8.62. The number of hydrogen-bond donors (Lipinski definition) is 1. The van der Waals surface area contributed by atoms with Crippen LogP contribution in [-0.2, 0) is 4.79 Å². The Bertz CT molecular complexity index is 182. The fourth-order valence-electron chi connectivity index (χ4n) is 1.91. The van der Waals surface area contributed by atoms with Gasteiger partial charge in [-0.05, 0) is 26.2 Å². The molecule has 1 aliphatic heterocycles. The average molecular weight is 184 g/mol. The molecule has 0 aromatic heterocycles. The lowest BCUT2D eigenvalue weighted by molar-refractivity contribution is -0.133. The smallest absolute Gasteiger partial charge is 0.239 e. The molecule has 1 unspecified atom stereocenters. The predicted octanol–water partition coefficient (Wildman–Crippen LogP) is 1.12. The van der Waals surface area contributed by atoms with Crippen molar-refractivity contribution >= 4 is 5.91 Å². The maximum Gasteiger partial charge on any atom is 0.239 e. The lowest BCUT2D eigenvalue weighted by Crippen LogP contribution is -2.45. The van der Waals surface area contributed by atoms with E-state index in [1.165, 1.54) is 0 Å². The van der Waals surface area contributed by atoms with Crippen LogP contribution < -0.4 is 5.73 Å². The molecule has 1 saturated heterocycles. The lowest BCUT2D eigenvalue weighted by atomic mass is 10.1. The van der Waals surface area contributed by atoms with Crippen molar-refractivity contribution in [2.75, 3.05) is 6.54 Å². The summed E-state index contributed by atoms with van der Waals surface area (Å²) >= 11 is 0. The van der Waals surface area contributed by atoms with Crippen LogP contribution >= 0.6 is 0 Å². The Morgan fingerprint density at radius 2 is 2.38 bits per heavy atom. The van der Waals surface area contributed by atoms with Gasteiger partial charge in [-0.15, -0.1) is 0 Å². The Kier molecular flexibility index (Phi) is 3.72. The first-order chi connectivity index (χ1) is 6.16. The molecule has 0 aromatic carbocycles. The first kappa shape index (κ1) is 10.5. The van der Waals surface area contributed by atoms with Crippen LogP contribution in [0.1, 0.15) is 39.5 Å². The molecule has 1 heterocycles. The van der Waals surface area contributed by atoms with Crippen molar-refractivity contribution in [2.24, 2.45) is 5.73 Å². The second-order valence-corrected chi connectivity index (χ2v) is 3.92. The van der Waals surface area contributed by atoms with E-state index in [1.54, 1.807) is 0 Å². The van der Waals surface area contributed by atoms with Crippen LogP contribution in [0.2, 0.25) is 0 Å². The summed E-state index contributed by atoms with van der Waals surface area (Å²) in [4.78, 5) is 13.7. The highest BCUT2D eigenvalue weighted by atomic mass is 16.2. The second kappa shape index (κ2) is 4.61. The molecule has 3 heteroatoms. The minimum absolute atomic E-state index is 0.145. The van der Waals surface area contributed by atoms with E-state index in [9.17, 15) is 4.79 Å². The SMILES string of the molecule is CCC[C@H](N)C(=O)N1CCCC1C. The van der Waals surface area contributed by atoms with Crippen LogP contribution in [0.4, 0.5) is 0 Å². The van der Waals surface area contributed by atoms with Crippen LogP contribution in [0.5, 0.6) is 0 Å². The Balaban J connectivity index is 2.46. The molecular weight excluding hydrogens is 164 g/mol. The van der Waals surface area contributed by atoms with Crippen LogP contribution in [0, 0.1) is 0 Å². The predicted molar refractivity (Wildman–Crippen MR) is 53.3 cm³/mol. The number of hydrogen-bond acceptors (Lipinski definition) is 2. The number of likely N-dealkylation sites (tertiary alicyclic amines) is 1. The van der Waals surface area contributed by atoms with Crippen molar-refractivity contribution in [3.63, 3.8) is 0 Å². The van der Waals surface area contributed by atoms with Gasteiger partial charge in [0.1, 0.15) is 0 Å². The highest BCUT2D eigenvalue weighted by Crippen LogP contribution is 2.17. The van der Waals surface area contributed by atoms with E-state index in [-0.39, 0.29) is 11.9 Å². The molecule has 0 spiro atoms. The number of nitrogens with zero attached hydrogens (tertiary/aromatic N) is 1. The van der Waals surface area contributed by atoms with Gasteiger partial charge in [0.25, 0.3) is 0 Å². The van der Waals surface area contributed by atoms with Crippen molar-refractivity contribution in [3.05, 3.63) is 0 Å². The van der Waals surface area contributed by atoms with Gasteiger partial charge in [0.2, 0.25) is 5.91 Å². The normalized spacial score (nSPS) is 24.8. The van der Waals surface area contributed by atoms with Crippen molar-refractivity contribution in [1.82, 2.24) is 4.90 Å². The summed E-state index contributed by atoms with van der Waals surface area (Å²) in [5.74, 6) is 0.145. The van der Waals surface area contributed by atoms with Crippen molar-refractivity contribution in [1.29, 1.82) is 0 Å². The van der Waals surface area contributed by atoms with Crippen molar-refractivity contribution in [2.45, 2.75) is 51.6 Å². The maximum absolute atomic E-state index is 11.7. The molecule has 13 heavy (non-hydrogen) atoms. The molecule has 3 nitrogen and oxygen atoms in total. The summed E-state index contributed by atoms with van der Waals surface area (Å²) in [5.41, 5.74) is 5.78. The molecule has 2 N–H and O–H groups in total. The van der Waals surface area contributed by atoms with E-state index in [0.29, 0.717) is 6.04 Å². The number of carbonyl (C=O) groups is 1. The van der Waals surface area contributed by atoms with Gasteiger partial charge in [0, 0.05) is 12.6 Å². The van der Waals surface area contributed by atoms with Crippen molar-refractivity contribution in [3.8, 4) is 0 Å². The third kappa shape index (κ3) is 2.44. The topological polar surface area (TPSA) is 46.3 Å². The summed E-state index contributed by atoms with van der Waals surface area (Å²) in [7, 11) is 0. The minimum Gasteiger partial charge on any atom is -0.339 e. The van der Waals surface area contributed by atoms with Gasteiger partial charge in [0.15, 0.2) is 0 Å². The third-order valence-corrected chi connectivity index (χ3v) is 2.75. The van der Waals surface area contributed by atoms with E-state index in [2.05, 4.69) is 13.8 Å². The van der Waals surface area contributed by atoms with Gasteiger partial charge in [0.05, 0.1) is 6.04 Å². The van der Waals surface area contributed by atoms with E-state index < -0.39 is 0 Å². The van der Waals surface area contributed by atoms with Gasteiger partial charge in [-0.3, -0.25) is 4.79 Å². The summed E-state index contributed by atoms with van der Waals surface area (Å²) in [5, 5.41) is 0. The van der Waals surface area contributed by atoms with Gasteiger partial charge >= 0.3 is 0 Å². The van der Waals surface area contributed by atoms with Crippen LogP contribution in [0.15, 0.2) is 0 Å². The molecule has 1 fully saturated rings. The lowest BCUT2D eigenvalue weighted by Gasteiger charge is -2.24. The molecule has 0 bridgehead atoms. The average Bonchev–Trinajstić information content (AvgIpc) is 2.50. The Morgan fingerprint density at radius 1 is 1.69 bits per heavy atom.